The van der Waals surface area contributed by atoms with Crippen LogP contribution >= 0.6 is 34.9 Å². The molecule has 1 N–H and O–H groups in total. The Balaban J connectivity index is 2.19. The van der Waals surface area contributed by atoms with Crippen LogP contribution in [0.5, 0.6) is 0 Å². The van der Waals surface area contributed by atoms with E-state index in [1.165, 1.54) is 11.8 Å². The standard InChI is InChI=1S/C10H13N5S3/c1-4-11-8-12-5-6(2)7(13-8)17-10-15-14-9(16-3)18-10/h5H,4H2,1-3H3,(H,11,12,13). The van der Waals surface area contributed by atoms with Crippen molar-refractivity contribution in [3.63, 3.8) is 0 Å². The van der Waals surface area contributed by atoms with Crippen molar-refractivity contribution in [2.24, 2.45) is 0 Å². The van der Waals surface area contributed by atoms with Crippen LogP contribution in [-0.4, -0.2) is 33.0 Å². The highest BCUT2D eigenvalue weighted by Crippen LogP contribution is 2.33. The lowest BCUT2D eigenvalue weighted by Gasteiger charge is -2.05. The summed E-state index contributed by atoms with van der Waals surface area (Å²) in [5.41, 5.74) is 1.04. The van der Waals surface area contributed by atoms with Crippen LogP contribution in [0.4, 0.5) is 5.95 Å². The molecule has 0 atom stereocenters. The zero-order chi connectivity index (χ0) is 13.0. The molecule has 8 heteroatoms. The Labute approximate surface area is 118 Å². The van der Waals surface area contributed by atoms with Gasteiger partial charge in [-0.3, -0.25) is 0 Å². The van der Waals surface area contributed by atoms with Crippen molar-refractivity contribution >= 4 is 40.8 Å². The molecule has 2 aromatic heterocycles. The molecule has 96 valence electrons. The highest BCUT2D eigenvalue weighted by molar-refractivity contribution is 8.03. The summed E-state index contributed by atoms with van der Waals surface area (Å²) in [5, 5.41) is 12.2. The highest BCUT2D eigenvalue weighted by Gasteiger charge is 2.10. The molecule has 0 aromatic carbocycles. The number of aromatic nitrogens is 4. The van der Waals surface area contributed by atoms with Crippen molar-refractivity contribution in [1.82, 2.24) is 20.2 Å². The summed E-state index contributed by atoms with van der Waals surface area (Å²) in [4.78, 5) is 8.68. The van der Waals surface area contributed by atoms with Crippen LogP contribution in [-0.2, 0) is 0 Å². The lowest BCUT2D eigenvalue weighted by Crippen LogP contribution is -2.03. The molecule has 0 saturated carbocycles. The van der Waals surface area contributed by atoms with E-state index < -0.39 is 0 Å². The Bertz CT molecular complexity index is 528. The summed E-state index contributed by atoms with van der Waals surface area (Å²) in [6, 6.07) is 0. The van der Waals surface area contributed by atoms with Gasteiger partial charge in [0.2, 0.25) is 5.95 Å². The Morgan fingerprint density at radius 2 is 2.11 bits per heavy atom. The maximum atomic E-state index is 4.47. The second-order valence-corrected chi connectivity index (χ2v) is 6.62. The van der Waals surface area contributed by atoms with Gasteiger partial charge in [0.15, 0.2) is 8.68 Å². The Morgan fingerprint density at radius 3 is 2.78 bits per heavy atom. The number of nitrogens with one attached hydrogen (secondary N) is 1. The van der Waals surface area contributed by atoms with Gasteiger partial charge in [-0.25, -0.2) is 9.97 Å². The average Bonchev–Trinajstić information content (AvgIpc) is 2.81. The van der Waals surface area contributed by atoms with E-state index in [4.69, 9.17) is 0 Å². The van der Waals surface area contributed by atoms with Gasteiger partial charge < -0.3 is 5.32 Å². The van der Waals surface area contributed by atoms with E-state index >= 15 is 0 Å². The lowest BCUT2D eigenvalue weighted by molar-refractivity contribution is 0.946. The lowest BCUT2D eigenvalue weighted by atomic mass is 10.4. The average molecular weight is 299 g/mol. The predicted octanol–water partition coefficient (Wildman–Crippen LogP) is 2.94. The largest absolute Gasteiger partial charge is 0.354 e. The van der Waals surface area contributed by atoms with E-state index in [-0.39, 0.29) is 0 Å². The predicted molar refractivity (Wildman–Crippen MR) is 76.7 cm³/mol. The summed E-state index contributed by atoms with van der Waals surface area (Å²) < 4.78 is 1.87. The van der Waals surface area contributed by atoms with Gasteiger partial charge in [0.1, 0.15) is 5.03 Å². The molecule has 0 bridgehead atoms. The van der Waals surface area contributed by atoms with E-state index in [0.717, 1.165) is 25.8 Å². The van der Waals surface area contributed by atoms with Gasteiger partial charge in [0.25, 0.3) is 0 Å². The zero-order valence-corrected chi connectivity index (χ0v) is 12.7. The molecule has 0 spiro atoms. The zero-order valence-electron chi connectivity index (χ0n) is 10.3. The van der Waals surface area contributed by atoms with E-state index in [9.17, 15) is 0 Å². The maximum Gasteiger partial charge on any atom is 0.223 e. The van der Waals surface area contributed by atoms with Crippen molar-refractivity contribution in [1.29, 1.82) is 0 Å². The van der Waals surface area contributed by atoms with Crippen LogP contribution in [0.15, 0.2) is 19.9 Å². The van der Waals surface area contributed by atoms with Crippen molar-refractivity contribution in [3.05, 3.63) is 11.8 Å². The van der Waals surface area contributed by atoms with Crippen molar-refractivity contribution < 1.29 is 0 Å². The van der Waals surface area contributed by atoms with Crippen LogP contribution in [0.25, 0.3) is 0 Å². The van der Waals surface area contributed by atoms with Crippen molar-refractivity contribution in [2.75, 3.05) is 18.1 Å². The fourth-order valence-corrected chi connectivity index (χ4v) is 3.57. The summed E-state index contributed by atoms with van der Waals surface area (Å²) in [6.07, 6.45) is 3.82. The van der Waals surface area contributed by atoms with E-state index in [0.29, 0.717) is 5.95 Å². The molecule has 0 unspecified atom stereocenters. The van der Waals surface area contributed by atoms with Gasteiger partial charge in [0, 0.05) is 18.3 Å². The number of thioether (sulfide) groups is 1. The molecule has 0 radical (unpaired) electrons. The van der Waals surface area contributed by atoms with Crippen LogP contribution in [0.2, 0.25) is 0 Å². The monoisotopic (exact) mass is 299 g/mol. The molecule has 2 rings (SSSR count). The van der Waals surface area contributed by atoms with Gasteiger partial charge in [0.05, 0.1) is 0 Å². The smallest absolute Gasteiger partial charge is 0.223 e. The summed E-state index contributed by atoms with van der Waals surface area (Å²) >= 11 is 4.71. The number of hydrogen-bond acceptors (Lipinski definition) is 8. The van der Waals surface area contributed by atoms with Crippen molar-refractivity contribution in [2.45, 2.75) is 27.6 Å². The Morgan fingerprint density at radius 1 is 1.33 bits per heavy atom. The Hall–Kier alpha value is -0.860. The molecule has 0 aliphatic heterocycles. The second-order valence-electron chi connectivity index (χ2n) is 3.35. The van der Waals surface area contributed by atoms with Gasteiger partial charge >= 0.3 is 0 Å². The van der Waals surface area contributed by atoms with Crippen molar-refractivity contribution in [3.8, 4) is 0 Å². The minimum Gasteiger partial charge on any atom is -0.354 e. The molecule has 2 heterocycles. The van der Waals surface area contributed by atoms with Gasteiger partial charge in [-0.1, -0.05) is 23.1 Å². The first-order chi connectivity index (χ1) is 8.72. The van der Waals surface area contributed by atoms with E-state index in [1.54, 1.807) is 23.1 Å². The molecule has 0 saturated heterocycles. The molecule has 0 amide bonds. The van der Waals surface area contributed by atoms with Crippen LogP contribution in [0.1, 0.15) is 12.5 Å². The molecule has 18 heavy (non-hydrogen) atoms. The fourth-order valence-electron chi connectivity index (χ4n) is 1.18. The number of aryl methyl sites for hydroxylation is 1. The third-order valence-electron chi connectivity index (χ3n) is 2.01. The third kappa shape index (κ3) is 3.33. The number of anilines is 1. The first-order valence-electron chi connectivity index (χ1n) is 5.35. The third-order valence-corrected chi connectivity index (χ3v) is 5.06. The van der Waals surface area contributed by atoms with Crippen LogP contribution in [0.3, 0.4) is 0 Å². The number of hydrogen-bond donors (Lipinski definition) is 1. The normalized spacial score (nSPS) is 10.6. The summed E-state index contributed by atoms with van der Waals surface area (Å²) in [6.45, 7) is 4.82. The molecule has 5 nitrogen and oxygen atoms in total. The quantitative estimate of drug-likeness (QED) is 0.672. The van der Waals surface area contributed by atoms with Crippen LogP contribution < -0.4 is 5.32 Å². The molecule has 0 aliphatic carbocycles. The first kappa shape index (κ1) is 13.6. The molecule has 2 aromatic rings. The SMILES string of the molecule is CCNc1ncc(C)c(Sc2nnc(SC)s2)n1. The topological polar surface area (TPSA) is 63.6 Å². The minimum atomic E-state index is 0.653. The minimum absolute atomic E-state index is 0.653. The van der Waals surface area contributed by atoms with E-state index in [1.807, 2.05) is 26.3 Å². The highest BCUT2D eigenvalue weighted by atomic mass is 32.2. The molecule has 0 fully saturated rings. The molecular formula is C10H13N5S3. The number of rotatable bonds is 5. The van der Waals surface area contributed by atoms with Gasteiger partial charge in [-0.05, 0) is 31.9 Å². The summed E-state index contributed by atoms with van der Waals surface area (Å²) in [5.74, 6) is 0.653. The summed E-state index contributed by atoms with van der Waals surface area (Å²) in [7, 11) is 0. The molecular weight excluding hydrogens is 286 g/mol. The maximum absolute atomic E-state index is 4.47. The second kappa shape index (κ2) is 6.35. The van der Waals surface area contributed by atoms with E-state index in [2.05, 4.69) is 25.5 Å². The van der Waals surface area contributed by atoms with Gasteiger partial charge in [-0.15, -0.1) is 10.2 Å². The number of nitrogens with zero attached hydrogens (tertiary/aromatic N) is 4. The first-order valence-corrected chi connectivity index (χ1v) is 8.21. The van der Waals surface area contributed by atoms with Gasteiger partial charge in [-0.2, -0.15) is 0 Å². The Kier molecular flexibility index (Phi) is 4.79. The fraction of sp³-hybridized carbons (Fsp3) is 0.400. The van der Waals surface area contributed by atoms with Crippen LogP contribution in [0, 0.1) is 6.92 Å². The molecule has 0 aliphatic rings.